The number of unbranched alkanes of at least 4 members (excludes halogenated alkanes) is 1. The van der Waals surface area contributed by atoms with Gasteiger partial charge in [0.25, 0.3) is 0 Å². The van der Waals surface area contributed by atoms with E-state index < -0.39 is 0 Å². The molecule has 83 valence electrons. The molecule has 0 unspecified atom stereocenters. The lowest BCUT2D eigenvalue weighted by molar-refractivity contribution is 0.0797. The van der Waals surface area contributed by atoms with Crippen molar-refractivity contribution in [2.45, 2.75) is 19.8 Å². The molecule has 2 aromatic rings. The second kappa shape index (κ2) is 5.30. The van der Waals surface area contributed by atoms with Crippen LogP contribution in [0.3, 0.4) is 0 Å². The van der Waals surface area contributed by atoms with Gasteiger partial charge in [-0.25, -0.2) is 0 Å². The average Bonchev–Trinajstić information content (AvgIpc) is 2.79. The Morgan fingerprint density at radius 2 is 2.12 bits per heavy atom. The lowest BCUT2D eigenvalue weighted by Crippen LogP contribution is -2.15. The Morgan fingerprint density at radius 3 is 2.88 bits per heavy atom. The fourth-order valence-corrected chi connectivity index (χ4v) is 1.35. The lowest BCUT2D eigenvalue weighted by Gasteiger charge is -2.06. The quantitative estimate of drug-likeness (QED) is 0.717. The highest BCUT2D eigenvalue weighted by Gasteiger charge is 2.07. The summed E-state index contributed by atoms with van der Waals surface area (Å²) < 4.78 is 0. The summed E-state index contributed by atoms with van der Waals surface area (Å²) >= 11 is 0. The molecule has 1 aromatic carbocycles. The minimum Gasteiger partial charge on any atom is -0.395 e. The molecule has 4 heteroatoms. The van der Waals surface area contributed by atoms with Crippen molar-refractivity contribution in [2.24, 2.45) is 0 Å². The number of nitrogens with zero attached hydrogens (tertiary/aromatic N) is 3. The fraction of sp³-hybridized carbons (Fsp3) is 0.333. The molecule has 0 N–H and O–H groups in total. The Kier molecular flexibility index (Phi) is 3.53. The van der Waals surface area contributed by atoms with Gasteiger partial charge in [0.05, 0.1) is 0 Å². The van der Waals surface area contributed by atoms with E-state index in [0.29, 0.717) is 6.61 Å². The first kappa shape index (κ1) is 10.7. The normalized spacial score (nSPS) is 10.3. The Labute approximate surface area is 94.8 Å². The van der Waals surface area contributed by atoms with Gasteiger partial charge in [-0.3, -0.25) is 0 Å². The first-order valence-electron chi connectivity index (χ1n) is 5.44. The molecule has 0 aliphatic rings. The van der Waals surface area contributed by atoms with Crippen molar-refractivity contribution >= 4 is 0 Å². The van der Waals surface area contributed by atoms with E-state index >= 15 is 0 Å². The van der Waals surface area contributed by atoms with E-state index in [4.69, 9.17) is 4.84 Å². The van der Waals surface area contributed by atoms with Gasteiger partial charge in [-0.15, -0.1) is 5.10 Å². The smallest absolute Gasteiger partial charge is 0.147 e. The molecule has 2 rings (SSSR count). The van der Waals surface area contributed by atoms with E-state index in [2.05, 4.69) is 23.4 Å². The van der Waals surface area contributed by atoms with Gasteiger partial charge in [-0.2, -0.15) is 0 Å². The van der Waals surface area contributed by atoms with Crippen molar-refractivity contribution in [3.63, 3.8) is 0 Å². The van der Waals surface area contributed by atoms with Crippen molar-refractivity contribution in [3.8, 4) is 11.3 Å². The molecule has 1 radical (unpaired) electrons. The molecule has 0 spiro atoms. The molecular formula is C12H14N3O. The zero-order valence-corrected chi connectivity index (χ0v) is 9.26. The largest absolute Gasteiger partial charge is 0.395 e. The van der Waals surface area contributed by atoms with E-state index in [1.54, 1.807) is 0 Å². The highest BCUT2D eigenvalue weighted by Crippen LogP contribution is 2.15. The highest BCUT2D eigenvalue weighted by atomic mass is 16.7. The third-order valence-corrected chi connectivity index (χ3v) is 2.23. The molecule has 4 nitrogen and oxygen atoms in total. The van der Waals surface area contributed by atoms with Crippen molar-refractivity contribution in [2.75, 3.05) is 6.61 Å². The van der Waals surface area contributed by atoms with Crippen molar-refractivity contribution in [1.82, 2.24) is 15.2 Å². The average molecular weight is 216 g/mol. The zero-order valence-electron chi connectivity index (χ0n) is 9.26. The molecule has 0 aliphatic carbocycles. The molecular weight excluding hydrogens is 202 g/mol. The second-order valence-electron chi connectivity index (χ2n) is 3.48. The van der Waals surface area contributed by atoms with Crippen LogP contribution >= 0.6 is 0 Å². The number of hydrogen-bond donors (Lipinski definition) is 0. The van der Waals surface area contributed by atoms with Crippen LogP contribution in [0, 0.1) is 6.20 Å². The third-order valence-electron chi connectivity index (χ3n) is 2.23. The summed E-state index contributed by atoms with van der Waals surface area (Å²) in [5, 5.41) is 7.59. The van der Waals surface area contributed by atoms with Gasteiger partial charge < -0.3 is 4.84 Å². The zero-order chi connectivity index (χ0) is 11.2. The van der Waals surface area contributed by atoms with Crippen LogP contribution in [0.1, 0.15) is 19.8 Å². The molecule has 0 fully saturated rings. The summed E-state index contributed by atoms with van der Waals surface area (Å²) in [6.45, 7) is 2.77. The van der Waals surface area contributed by atoms with Gasteiger partial charge >= 0.3 is 0 Å². The Balaban J connectivity index is 2.13. The van der Waals surface area contributed by atoms with E-state index in [9.17, 15) is 0 Å². The van der Waals surface area contributed by atoms with E-state index in [1.807, 2.05) is 30.3 Å². The molecule has 0 saturated carbocycles. The summed E-state index contributed by atoms with van der Waals surface area (Å²) in [5.74, 6) is 0. The maximum Gasteiger partial charge on any atom is 0.147 e. The van der Waals surface area contributed by atoms with Gasteiger partial charge in [0.15, 0.2) is 0 Å². The monoisotopic (exact) mass is 216 g/mol. The molecule has 16 heavy (non-hydrogen) atoms. The van der Waals surface area contributed by atoms with Crippen LogP contribution in [0.25, 0.3) is 11.3 Å². The van der Waals surface area contributed by atoms with Gasteiger partial charge in [0, 0.05) is 5.56 Å². The standard InChI is InChI=1S/C12H14N3O/c1-2-3-9-16-15-12(10-13-14-15)11-7-5-4-6-8-11/h4-8H,2-3,9H2,1H3. The van der Waals surface area contributed by atoms with Crippen LogP contribution in [0.4, 0.5) is 0 Å². The summed E-state index contributed by atoms with van der Waals surface area (Å²) in [5.41, 5.74) is 1.76. The van der Waals surface area contributed by atoms with Crippen LogP contribution in [0.5, 0.6) is 0 Å². The second-order valence-corrected chi connectivity index (χ2v) is 3.48. The highest BCUT2D eigenvalue weighted by molar-refractivity contribution is 5.56. The summed E-state index contributed by atoms with van der Waals surface area (Å²) in [7, 11) is 0. The minimum absolute atomic E-state index is 0.646. The van der Waals surface area contributed by atoms with Crippen LogP contribution < -0.4 is 4.84 Å². The van der Waals surface area contributed by atoms with Gasteiger partial charge in [-0.05, 0) is 11.6 Å². The Hall–Kier alpha value is -1.84. The van der Waals surface area contributed by atoms with Crippen LogP contribution in [0.15, 0.2) is 30.3 Å². The first-order chi connectivity index (χ1) is 7.92. The minimum atomic E-state index is 0.646. The van der Waals surface area contributed by atoms with Crippen LogP contribution in [-0.4, -0.2) is 21.8 Å². The van der Waals surface area contributed by atoms with Gasteiger partial charge in [-0.1, -0.05) is 48.5 Å². The topological polar surface area (TPSA) is 39.9 Å². The van der Waals surface area contributed by atoms with Gasteiger partial charge in [0.1, 0.15) is 18.5 Å². The molecule has 0 aliphatic heterocycles. The van der Waals surface area contributed by atoms with E-state index in [-0.39, 0.29) is 0 Å². The number of hydrogen-bond acceptors (Lipinski definition) is 3. The molecule has 0 amide bonds. The molecule has 0 bridgehead atoms. The number of rotatable bonds is 5. The predicted molar refractivity (Wildman–Crippen MR) is 60.6 cm³/mol. The molecule has 1 aromatic heterocycles. The molecule has 0 atom stereocenters. The first-order valence-corrected chi connectivity index (χ1v) is 5.44. The van der Waals surface area contributed by atoms with Crippen molar-refractivity contribution in [3.05, 3.63) is 36.5 Å². The molecule has 0 saturated heterocycles. The Bertz CT molecular complexity index is 425. The van der Waals surface area contributed by atoms with Crippen molar-refractivity contribution in [1.29, 1.82) is 0 Å². The number of aromatic nitrogens is 3. The summed E-state index contributed by atoms with van der Waals surface area (Å²) in [6, 6.07) is 9.86. The Morgan fingerprint density at radius 1 is 1.31 bits per heavy atom. The fourth-order valence-electron chi connectivity index (χ4n) is 1.35. The lowest BCUT2D eigenvalue weighted by atomic mass is 10.2. The summed E-state index contributed by atoms with van der Waals surface area (Å²) in [6.07, 6.45) is 4.93. The van der Waals surface area contributed by atoms with Crippen molar-refractivity contribution < 1.29 is 4.84 Å². The maximum atomic E-state index is 5.48. The summed E-state index contributed by atoms with van der Waals surface area (Å²) in [4.78, 5) is 6.92. The SMILES string of the molecule is CCCCOn1nn[c]c1-c1ccccc1. The van der Waals surface area contributed by atoms with E-state index in [1.165, 1.54) is 4.85 Å². The van der Waals surface area contributed by atoms with Crippen LogP contribution in [-0.2, 0) is 0 Å². The number of benzene rings is 1. The molecule has 1 heterocycles. The third kappa shape index (κ3) is 2.39. The maximum absolute atomic E-state index is 5.48. The van der Waals surface area contributed by atoms with E-state index in [0.717, 1.165) is 24.1 Å². The van der Waals surface area contributed by atoms with Crippen LogP contribution in [0.2, 0.25) is 0 Å². The predicted octanol–water partition coefficient (Wildman–Crippen LogP) is 1.97. The van der Waals surface area contributed by atoms with Gasteiger partial charge in [0.2, 0.25) is 0 Å².